The number of hydrogen-bond acceptors (Lipinski definition) is 7. The van der Waals surface area contributed by atoms with Crippen molar-refractivity contribution in [3.63, 3.8) is 0 Å². The molecule has 4 rings (SSSR count). The highest BCUT2D eigenvalue weighted by Gasteiger charge is 2.21. The second-order valence-corrected chi connectivity index (χ2v) is 11.4. The van der Waals surface area contributed by atoms with Gasteiger partial charge in [0.15, 0.2) is 5.82 Å². The predicted molar refractivity (Wildman–Crippen MR) is 173 cm³/mol. The lowest BCUT2D eigenvalue weighted by atomic mass is 10.1. The summed E-state index contributed by atoms with van der Waals surface area (Å²) < 4.78 is 5.83. The van der Waals surface area contributed by atoms with Gasteiger partial charge in [-0.15, -0.1) is 0 Å². The van der Waals surface area contributed by atoms with Gasteiger partial charge in [-0.2, -0.15) is 0 Å². The van der Waals surface area contributed by atoms with Crippen LogP contribution in [0, 0.1) is 13.8 Å². The van der Waals surface area contributed by atoms with Gasteiger partial charge in [-0.05, 0) is 44.5 Å². The van der Waals surface area contributed by atoms with Gasteiger partial charge in [-0.25, -0.2) is 15.0 Å². The third kappa shape index (κ3) is 9.64. The van der Waals surface area contributed by atoms with Crippen molar-refractivity contribution >= 4 is 11.6 Å². The Balaban J connectivity index is 1.44. The minimum absolute atomic E-state index is 0.0984. The Morgan fingerprint density at radius 2 is 1.14 bits per heavy atom. The van der Waals surface area contributed by atoms with Crippen LogP contribution >= 0.6 is 0 Å². The molecule has 3 aromatic carbocycles. The van der Waals surface area contributed by atoms with E-state index in [2.05, 4.69) is 21.9 Å². The van der Waals surface area contributed by atoms with Gasteiger partial charge in [-0.1, -0.05) is 118 Å². The molecule has 230 valence electrons. The van der Waals surface area contributed by atoms with Crippen LogP contribution in [0.1, 0.15) is 108 Å². The van der Waals surface area contributed by atoms with Crippen LogP contribution in [0.4, 0.5) is 0 Å². The Bertz CT molecular complexity index is 1420. The van der Waals surface area contributed by atoms with Crippen molar-refractivity contribution in [2.75, 3.05) is 6.61 Å². The van der Waals surface area contributed by atoms with Crippen molar-refractivity contribution in [3.8, 4) is 17.1 Å². The van der Waals surface area contributed by atoms with Gasteiger partial charge in [-0.3, -0.25) is 9.59 Å². The van der Waals surface area contributed by atoms with Gasteiger partial charge in [0.25, 0.3) is 0 Å². The number of ether oxygens (including phenoxy) is 1. The molecule has 44 heavy (non-hydrogen) atoms. The summed E-state index contributed by atoms with van der Waals surface area (Å²) in [6.45, 7) is 6.33. The van der Waals surface area contributed by atoms with E-state index in [1.54, 1.807) is 48.5 Å². The number of benzene rings is 3. The number of aromatic nitrogens is 3. The summed E-state index contributed by atoms with van der Waals surface area (Å²) in [6, 6.07) is 21.4. The van der Waals surface area contributed by atoms with Crippen LogP contribution in [0.2, 0.25) is 0 Å². The molecule has 7 heteroatoms. The number of rotatable bonds is 17. The quantitative estimate of drug-likeness (QED) is 0.0981. The molecule has 0 bridgehead atoms. The zero-order valence-electron chi connectivity index (χ0n) is 26.1. The van der Waals surface area contributed by atoms with Crippen LogP contribution in [-0.4, -0.2) is 44.3 Å². The average molecular weight is 594 g/mol. The minimum atomic E-state index is -0.524. The highest BCUT2D eigenvalue weighted by atomic mass is 16.5. The normalized spacial score (nSPS) is 11.7. The Morgan fingerprint density at radius 1 is 0.659 bits per heavy atom. The van der Waals surface area contributed by atoms with Crippen LogP contribution in [0.25, 0.3) is 11.4 Å². The Morgan fingerprint density at radius 3 is 1.64 bits per heavy atom. The molecule has 0 fully saturated rings. The van der Waals surface area contributed by atoms with Crippen molar-refractivity contribution in [1.82, 2.24) is 15.0 Å². The van der Waals surface area contributed by atoms with Crippen LogP contribution in [0.3, 0.4) is 0 Å². The highest BCUT2D eigenvalue weighted by Crippen LogP contribution is 2.22. The maximum atomic E-state index is 13.4. The summed E-state index contributed by atoms with van der Waals surface area (Å²) in [6.07, 6.45) is 9.99. The molecule has 1 heterocycles. The number of ketones is 2. The van der Waals surface area contributed by atoms with E-state index in [0.717, 1.165) is 24.0 Å². The fourth-order valence-electron chi connectivity index (χ4n) is 4.87. The molecule has 0 amide bonds. The van der Waals surface area contributed by atoms with Gasteiger partial charge >= 0.3 is 0 Å². The van der Waals surface area contributed by atoms with Gasteiger partial charge in [0.2, 0.25) is 23.2 Å². The second-order valence-electron chi connectivity index (χ2n) is 11.4. The maximum Gasteiger partial charge on any atom is 0.230 e. The van der Waals surface area contributed by atoms with E-state index in [1.165, 1.54) is 38.5 Å². The molecular weight excluding hydrogens is 550 g/mol. The largest absolute Gasteiger partial charge is 0.491 e. The second kappa shape index (κ2) is 16.6. The van der Waals surface area contributed by atoms with E-state index in [0.29, 0.717) is 28.9 Å². The van der Waals surface area contributed by atoms with Crippen LogP contribution < -0.4 is 4.74 Å². The molecule has 0 aliphatic heterocycles. The maximum absolute atomic E-state index is 13.4. The summed E-state index contributed by atoms with van der Waals surface area (Å²) in [4.78, 5) is 39.9. The summed E-state index contributed by atoms with van der Waals surface area (Å²) >= 11 is 0. The van der Waals surface area contributed by atoms with Gasteiger partial charge < -0.3 is 9.84 Å². The molecule has 1 aromatic heterocycles. The Labute approximate surface area is 260 Å². The van der Waals surface area contributed by atoms with Gasteiger partial charge in [0.1, 0.15) is 12.4 Å². The fraction of sp³-hybridized carbons (Fsp3) is 0.378. The summed E-state index contributed by atoms with van der Waals surface area (Å²) in [5.41, 5.74) is 3.51. The lowest BCUT2D eigenvalue weighted by Gasteiger charge is -2.13. The third-order valence-electron chi connectivity index (χ3n) is 7.61. The number of hydrogen-bond donors (Lipinski definition) is 1. The van der Waals surface area contributed by atoms with Gasteiger partial charge in [0.05, 0.1) is 6.10 Å². The van der Waals surface area contributed by atoms with Crippen LogP contribution in [0.5, 0.6) is 5.75 Å². The molecule has 0 radical (unpaired) electrons. The summed E-state index contributed by atoms with van der Waals surface area (Å²) in [7, 11) is 0. The fourth-order valence-corrected chi connectivity index (χ4v) is 4.87. The van der Waals surface area contributed by atoms with E-state index < -0.39 is 17.7 Å². The van der Waals surface area contributed by atoms with Crippen molar-refractivity contribution in [1.29, 1.82) is 0 Å². The molecule has 0 spiro atoms. The first-order valence-electron chi connectivity index (χ1n) is 15.7. The average Bonchev–Trinajstić information content (AvgIpc) is 3.05. The number of aliphatic hydroxyl groups excluding tert-OH is 1. The lowest BCUT2D eigenvalue weighted by Crippen LogP contribution is -2.17. The van der Waals surface area contributed by atoms with Crippen molar-refractivity contribution in [2.45, 2.75) is 84.7 Å². The van der Waals surface area contributed by atoms with E-state index >= 15 is 0 Å². The first-order valence-corrected chi connectivity index (χ1v) is 15.7. The number of aliphatic hydroxyl groups is 1. The molecule has 0 saturated carbocycles. The number of carbonyl (C=O) groups is 2. The third-order valence-corrected chi connectivity index (χ3v) is 7.61. The molecule has 1 atom stereocenters. The molecule has 1 N–H and O–H groups in total. The van der Waals surface area contributed by atoms with E-state index in [4.69, 9.17) is 4.74 Å². The molecule has 7 nitrogen and oxygen atoms in total. The first kappa shape index (κ1) is 32.7. The van der Waals surface area contributed by atoms with Gasteiger partial charge in [0, 0.05) is 16.7 Å². The minimum Gasteiger partial charge on any atom is -0.491 e. The molecular formula is C37H43N3O4. The molecule has 1 unspecified atom stereocenters. The Kier molecular flexibility index (Phi) is 12.3. The predicted octanol–water partition coefficient (Wildman–Crippen LogP) is 7.89. The standard InChI is InChI=1S/C37H43N3O4/c1-4-5-6-7-8-9-10-11-12-31(41)25-44-32-23-21-30(22-24-32)35-38-36(33(42)28-17-13-26(2)14-18-28)40-37(39-35)34(43)29-19-15-27(3)16-20-29/h13-24,31,41H,4-12,25H2,1-3H3. The number of unbranched alkanes of at least 4 members (excludes halogenated alkanes) is 7. The monoisotopic (exact) mass is 593 g/mol. The van der Waals surface area contributed by atoms with E-state index in [9.17, 15) is 14.7 Å². The van der Waals surface area contributed by atoms with Crippen molar-refractivity contribution in [2.24, 2.45) is 0 Å². The molecule has 0 aliphatic carbocycles. The number of nitrogens with zero attached hydrogens (tertiary/aromatic N) is 3. The van der Waals surface area contributed by atoms with E-state index in [-0.39, 0.29) is 24.1 Å². The summed E-state index contributed by atoms with van der Waals surface area (Å²) in [5, 5.41) is 10.4. The molecule has 0 saturated heterocycles. The Hall–Kier alpha value is -4.23. The summed E-state index contributed by atoms with van der Waals surface area (Å²) in [5.74, 6) is -0.164. The van der Waals surface area contributed by atoms with Crippen molar-refractivity contribution in [3.05, 3.63) is 107 Å². The number of aryl methyl sites for hydroxylation is 2. The van der Waals surface area contributed by atoms with Crippen LogP contribution in [0.15, 0.2) is 72.8 Å². The smallest absolute Gasteiger partial charge is 0.230 e. The zero-order valence-corrected chi connectivity index (χ0v) is 26.1. The number of carbonyl (C=O) groups excluding carboxylic acids is 2. The van der Waals surface area contributed by atoms with E-state index in [1.807, 2.05) is 38.1 Å². The van der Waals surface area contributed by atoms with Crippen molar-refractivity contribution < 1.29 is 19.4 Å². The highest BCUT2D eigenvalue weighted by molar-refractivity contribution is 6.09. The van der Waals surface area contributed by atoms with Crippen LogP contribution in [-0.2, 0) is 0 Å². The SMILES string of the molecule is CCCCCCCCCCC(O)COc1ccc(-c2nc(C(=O)c3ccc(C)cc3)nc(C(=O)c3ccc(C)cc3)n2)cc1. The molecule has 0 aliphatic rings. The lowest BCUT2D eigenvalue weighted by molar-refractivity contribution is 0.0974. The molecule has 4 aromatic rings. The topological polar surface area (TPSA) is 102 Å². The zero-order chi connectivity index (χ0) is 31.3. The first-order chi connectivity index (χ1) is 21.3.